The van der Waals surface area contributed by atoms with Gasteiger partial charge in [0.25, 0.3) is 11.5 Å². The molecule has 0 radical (unpaired) electrons. The van der Waals surface area contributed by atoms with Crippen LogP contribution in [-0.2, 0) is 0 Å². The second-order valence-corrected chi connectivity index (χ2v) is 6.62. The van der Waals surface area contributed by atoms with Crippen molar-refractivity contribution in [1.29, 1.82) is 0 Å². The number of aromatic amines is 1. The Balaban J connectivity index is 2.20. The van der Waals surface area contributed by atoms with Crippen LogP contribution in [0.15, 0.2) is 17.1 Å². The molecule has 2 rings (SSSR count). The lowest BCUT2D eigenvalue weighted by molar-refractivity contribution is 0.0779. The Morgan fingerprint density at radius 3 is 2.57 bits per heavy atom. The number of hydrogen-bond acceptors (Lipinski definition) is 3. The number of nitrogens with one attached hydrogen (secondary N) is 1. The molecular formula is C15H22ClN3O2. The molecule has 0 spiro atoms. The average molecular weight is 312 g/mol. The summed E-state index contributed by atoms with van der Waals surface area (Å²) in [6, 6.07) is 1.79. The molecule has 1 aromatic heterocycles. The zero-order valence-corrected chi connectivity index (χ0v) is 13.6. The van der Waals surface area contributed by atoms with Crippen LogP contribution < -0.4 is 5.56 Å². The molecule has 0 bridgehead atoms. The summed E-state index contributed by atoms with van der Waals surface area (Å²) >= 11 is 5.80. The lowest BCUT2D eigenvalue weighted by atomic mass is 9.91. The van der Waals surface area contributed by atoms with Crippen LogP contribution in [0.5, 0.6) is 0 Å². The molecule has 0 aromatic carbocycles. The largest absolute Gasteiger partial charge is 0.337 e. The van der Waals surface area contributed by atoms with Crippen molar-refractivity contribution in [1.82, 2.24) is 14.8 Å². The van der Waals surface area contributed by atoms with Crippen LogP contribution >= 0.6 is 11.6 Å². The zero-order chi connectivity index (χ0) is 15.7. The molecule has 1 amide bonds. The summed E-state index contributed by atoms with van der Waals surface area (Å²) in [4.78, 5) is 30.4. The first kappa shape index (κ1) is 16.0. The van der Waals surface area contributed by atoms with E-state index in [4.69, 9.17) is 11.6 Å². The minimum atomic E-state index is -0.374. The molecule has 0 unspecified atom stereocenters. The zero-order valence-electron chi connectivity index (χ0n) is 12.9. The van der Waals surface area contributed by atoms with E-state index in [0.717, 1.165) is 6.54 Å². The highest BCUT2D eigenvalue weighted by atomic mass is 35.5. The van der Waals surface area contributed by atoms with Gasteiger partial charge < -0.3 is 14.8 Å². The van der Waals surface area contributed by atoms with Crippen LogP contribution in [0.1, 0.15) is 24.2 Å². The lowest BCUT2D eigenvalue weighted by Crippen LogP contribution is -2.37. The summed E-state index contributed by atoms with van der Waals surface area (Å²) in [6.45, 7) is 5.81. The summed E-state index contributed by atoms with van der Waals surface area (Å²) < 4.78 is 0. The second kappa shape index (κ2) is 6.20. The predicted octanol–water partition coefficient (Wildman–Crippen LogP) is 1.69. The minimum absolute atomic E-state index is 0.0459. The van der Waals surface area contributed by atoms with E-state index in [2.05, 4.69) is 23.7 Å². The number of amides is 1. The van der Waals surface area contributed by atoms with E-state index < -0.39 is 0 Å². The van der Waals surface area contributed by atoms with Gasteiger partial charge in [0.1, 0.15) is 5.02 Å². The number of nitrogens with zero attached hydrogens (tertiary/aromatic N) is 2. The lowest BCUT2D eigenvalue weighted by Gasteiger charge is -2.27. The van der Waals surface area contributed by atoms with Crippen molar-refractivity contribution in [3.05, 3.63) is 33.2 Å². The van der Waals surface area contributed by atoms with Gasteiger partial charge in [-0.25, -0.2) is 0 Å². The number of carbonyl (C=O) groups is 1. The van der Waals surface area contributed by atoms with Gasteiger partial charge in [-0.1, -0.05) is 25.4 Å². The van der Waals surface area contributed by atoms with E-state index in [0.29, 0.717) is 30.0 Å². The average Bonchev–Trinajstić information content (AvgIpc) is 2.86. The molecule has 1 aromatic rings. The predicted molar refractivity (Wildman–Crippen MR) is 83.8 cm³/mol. The molecule has 0 aliphatic carbocycles. The highest BCUT2D eigenvalue weighted by molar-refractivity contribution is 6.30. The van der Waals surface area contributed by atoms with Crippen molar-refractivity contribution in [3.8, 4) is 0 Å². The number of aromatic nitrogens is 1. The number of pyridine rings is 1. The molecular weight excluding hydrogens is 290 g/mol. The van der Waals surface area contributed by atoms with Crippen LogP contribution in [0.25, 0.3) is 0 Å². The Hall–Kier alpha value is -1.33. The molecule has 5 nitrogen and oxygen atoms in total. The van der Waals surface area contributed by atoms with Gasteiger partial charge in [0.05, 0.1) is 5.56 Å². The first-order chi connectivity index (χ1) is 9.81. The van der Waals surface area contributed by atoms with Crippen molar-refractivity contribution in [2.75, 3.05) is 27.2 Å². The SMILES string of the molecule is CC(C)[C@@H]1CN(C(=O)c2c[nH]c(=O)c(Cl)c2)C[C@H]1N(C)C. The van der Waals surface area contributed by atoms with Gasteiger partial charge in [-0.3, -0.25) is 9.59 Å². The summed E-state index contributed by atoms with van der Waals surface area (Å²) in [5, 5.41) is 0.0459. The number of H-pyrrole nitrogens is 1. The Morgan fingerprint density at radius 2 is 2.10 bits per heavy atom. The molecule has 116 valence electrons. The molecule has 1 aliphatic rings. The normalized spacial score (nSPS) is 22.3. The first-order valence-electron chi connectivity index (χ1n) is 7.15. The number of hydrogen-bond donors (Lipinski definition) is 1. The van der Waals surface area contributed by atoms with Crippen molar-refractivity contribution >= 4 is 17.5 Å². The Morgan fingerprint density at radius 1 is 1.43 bits per heavy atom. The maximum absolute atomic E-state index is 12.6. The van der Waals surface area contributed by atoms with Crippen LogP contribution in [0.4, 0.5) is 0 Å². The minimum Gasteiger partial charge on any atom is -0.337 e. The van der Waals surface area contributed by atoms with Gasteiger partial charge >= 0.3 is 0 Å². The third-order valence-corrected chi connectivity index (χ3v) is 4.53. The van der Waals surface area contributed by atoms with Crippen LogP contribution in [0.2, 0.25) is 5.02 Å². The number of likely N-dealkylation sites (tertiary alicyclic amines) is 1. The Bertz CT molecular complexity index is 567. The Labute approximate surface area is 129 Å². The van der Waals surface area contributed by atoms with E-state index in [1.807, 2.05) is 19.0 Å². The number of carbonyl (C=O) groups excluding carboxylic acids is 1. The molecule has 2 heterocycles. The van der Waals surface area contributed by atoms with Crippen molar-refractivity contribution in [2.24, 2.45) is 11.8 Å². The van der Waals surface area contributed by atoms with Gasteiger partial charge in [-0.15, -0.1) is 0 Å². The second-order valence-electron chi connectivity index (χ2n) is 6.21. The van der Waals surface area contributed by atoms with Gasteiger partial charge in [0, 0.05) is 25.3 Å². The summed E-state index contributed by atoms with van der Waals surface area (Å²) in [5.74, 6) is 0.875. The van der Waals surface area contributed by atoms with E-state index in [1.165, 1.54) is 12.3 Å². The van der Waals surface area contributed by atoms with Crippen molar-refractivity contribution in [3.63, 3.8) is 0 Å². The number of halogens is 1. The van der Waals surface area contributed by atoms with Crippen LogP contribution in [-0.4, -0.2) is 53.9 Å². The molecule has 1 N–H and O–H groups in total. The van der Waals surface area contributed by atoms with Gasteiger partial charge in [-0.2, -0.15) is 0 Å². The Kier molecular flexibility index (Phi) is 4.74. The smallest absolute Gasteiger partial charge is 0.266 e. The third-order valence-electron chi connectivity index (χ3n) is 4.24. The summed E-state index contributed by atoms with van der Waals surface area (Å²) in [5.41, 5.74) is 0.0578. The highest BCUT2D eigenvalue weighted by Crippen LogP contribution is 2.28. The number of rotatable bonds is 3. The van der Waals surface area contributed by atoms with E-state index in [1.54, 1.807) is 0 Å². The van der Waals surface area contributed by atoms with E-state index in [-0.39, 0.29) is 16.5 Å². The van der Waals surface area contributed by atoms with Crippen molar-refractivity contribution < 1.29 is 4.79 Å². The van der Waals surface area contributed by atoms with E-state index in [9.17, 15) is 9.59 Å². The van der Waals surface area contributed by atoms with Crippen LogP contribution in [0, 0.1) is 11.8 Å². The molecule has 21 heavy (non-hydrogen) atoms. The fraction of sp³-hybridized carbons (Fsp3) is 0.600. The fourth-order valence-corrected chi connectivity index (χ4v) is 3.11. The maximum atomic E-state index is 12.6. The van der Waals surface area contributed by atoms with E-state index >= 15 is 0 Å². The quantitative estimate of drug-likeness (QED) is 0.924. The third kappa shape index (κ3) is 3.30. The maximum Gasteiger partial charge on any atom is 0.266 e. The molecule has 2 atom stereocenters. The van der Waals surface area contributed by atoms with Gasteiger partial charge in [-0.05, 0) is 32.0 Å². The summed E-state index contributed by atoms with van der Waals surface area (Å²) in [7, 11) is 4.09. The fourth-order valence-electron chi connectivity index (χ4n) is 2.94. The highest BCUT2D eigenvalue weighted by Gasteiger charge is 2.38. The first-order valence-corrected chi connectivity index (χ1v) is 7.53. The van der Waals surface area contributed by atoms with Gasteiger partial charge in [0.15, 0.2) is 0 Å². The standard InChI is InChI=1S/C15H22ClN3O2/c1-9(2)11-7-19(8-13(11)18(3)4)15(21)10-5-12(16)14(20)17-6-10/h5-6,9,11,13H,7-8H2,1-4H3,(H,17,20)/t11-,13+/m0/s1. The molecule has 1 saturated heterocycles. The topological polar surface area (TPSA) is 56.4 Å². The monoisotopic (exact) mass is 311 g/mol. The molecule has 1 fully saturated rings. The van der Waals surface area contributed by atoms with Gasteiger partial charge in [0.2, 0.25) is 0 Å². The van der Waals surface area contributed by atoms with Crippen molar-refractivity contribution in [2.45, 2.75) is 19.9 Å². The van der Waals surface area contributed by atoms with Crippen LogP contribution in [0.3, 0.4) is 0 Å². The molecule has 0 saturated carbocycles. The number of likely N-dealkylation sites (N-methyl/N-ethyl adjacent to an activating group) is 1. The molecule has 1 aliphatic heterocycles. The molecule has 6 heteroatoms. The summed E-state index contributed by atoms with van der Waals surface area (Å²) in [6.07, 6.45) is 1.43.